The van der Waals surface area contributed by atoms with E-state index in [4.69, 9.17) is 16.0 Å². The van der Waals surface area contributed by atoms with Crippen LogP contribution in [0.1, 0.15) is 46.2 Å². The molecule has 0 spiro atoms. The van der Waals surface area contributed by atoms with Crippen LogP contribution in [0.2, 0.25) is 0 Å². The monoisotopic (exact) mass is 615 g/mol. The summed E-state index contributed by atoms with van der Waals surface area (Å²) in [5.74, 6) is -0.264. The van der Waals surface area contributed by atoms with E-state index in [-0.39, 0.29) is 17.8 Å². The summed E-state index contributed by atoms with van der Waals surface area (Å²) in [7, 11) is 0. The Labute approximate surface area is 273 Å². The molecule has 0 aliphatic carbocycles. The molecular formula is C42H34FN3O+2. The van der Waals surface area contributed by atoms with E-state index in [1.807, 2.05) is 13.1 Å². The molecule has 5 heteroatoms. The van der Waals surface area contributed by atoms with E-state index in [1.54, 1.807) is 6.07 Å². The zero-order valence-corrected chi connectivity index (χ0v) is 26.7. The van der Waals surface area contributed by atoms with Gasteiger partial charge >= 0.3 is 0 Å². The van der Waals surface area contributed by atoms with Crippen LogP contribution < -0.4 is 9.13 Å². The number of nitrogens with zero attached hydrogens (tertiary/aromatic N) is 3. The van der Waals surface area contributed by atoms with Crippen LogP contribution in [0.3, 0.4) is 0 Å². The third-order valence-corrected chi connectivity index (χ3v) is 10.4. The molecule has 3 aromatic carbocycles. The largest absolute Gasteiger partial charge is 0.437 e. The van der Waals surface area contributed by atoms with Gasteiger partial charge in [0, 0.05) is 46.5 Å². The maximum Gasteiger partial charge on any atom is 0.227 e. The lowest BCUT2D eigenvalue weighted by Gasteiger charge is -2.29. The highest BCUT2D eigenvalue weighted by Crippen LogP contribution is 2.46. The Bertz CT molecular complexity index is 2440. The molecule has 0 fully saturated rings. The molecular weight excluding hydrogens is 581 g/mol. The summed E-state index contributed by atoms with van der Waals surface area (Å²) in [6.07, 6.45) is 5.77. The number of fused-ring (bicyclic) bond motifs is 13. The molecule has 0 radical (unpaired) electrons. The van der Waals surface area contributed by atoms with Crippen molar-refractivity contribution in [2.75, 3.05) is 0 Å². The highest BCUT2D eigenvalue weighted by atomic mass is 19.1. The zero-order valence-electron chi connectivity index (χ0n) is 26.7. The van der Waals surface area contributed by atoms with E-state index in [9.17, 15) is 0 Å². The molecule has 0 saturated carbocycles. The van der Waals surface area contributed by atoms with E-state index < -0.39 is 0 Å². The summed E-state index contributed by atoms with van der Waals surface area (Å²) in [6, 6.07) is 31.7. The zero-order chi connectivity index (χ0) is 32.0. The van der Waals surface area contributed by atoms with Crippen molar-refractivity contribution < 1.29 is 17.9 Å². The SMILES string of the molecule is C=C1C2c3ccccc3-c3cccc[n+]3C2CCc2ccc3c(oc4nc(-c5c(C)cccc5C)ccc43)c2-c2cc(F)c(C)c[n+]21. The van der Waals surface area contributed by atoms with Crippen molar-refractivity contribution >= 4 is 27.8 Å². The first-order valence-corrected chi connectivity index (χ1v) is 16.3. The number of allylic oxidation sites excluding steroid dienone is 1. The number of furan rings is 1. The van der Waals surface area contributed by atoms with E-state index in [0.717, 1.165) is 63.0 Å². The molecule has 7 aromatic rings. The Morgan fingerprint density at radius 1 is 0.809 bits per heavy atom. The van der Waals surface area contributed by atoms with E-state index in [1.165, 1.54) is 27.9 Å². The van der Waals surface area contributed by atoms with Crippen molar-refractivity contribution in [2.45, 2.75) is 45.6 Å². The predicted molar refractivity (Wildman–Crippen MR) is 184 cm³/mol. The Morgan fingerprint density at radius 2 is 1.60 bits per heavy atom. The van der Waals surface area contributed by atoms with Gasteiger partial charge in [0.25, 0.3) is 0 Å². The molecule has 0 amide bonds. The van der Waals surface area contributed by atoms with Gasteiger partial charge in [-0.2, -0.15) is 9.13 Å². The fraction of sp³-hybridized carbons (Fsp3) is 0.167. The minimum atomic E-state index is -0.252. The Balaban J connectivity index is 1.31. The van der Waals surface area contributed by atoms with E-state index in [0.29, 0.717) is 11.3 Å². The third kappa shape index (κ3) is 4.09. The Hall–Kier alpha value is -5.42. The van der Waals surface area contributed by atoms with Gasteiger partial charge in [-0.3, -0.25) is 0 Å². The highest BCUT2D eigenvalue weighted by Gasteiger charge is 2.46. The quantitative estimate of drug-likeness (QED) is 0.173. The number of pyridine rings is 3. The van der Waals surface area contributed by atoms with Gasteiger partial charge in [-0.05, 0) is 80.3 Å². The molecule has 9 rings (SSSR count). The highest BCUT2D eigenvalue weighted by molar-refractivity contribution is 6.09. The van der Waals surface area contributed by atoms with Gasteiger partial charge in [-0.1, -0.05) is 48.5 Å². The summed E-state index contributed by atoms with van der Waals surface area (Å²) < 4.78 is 26.9. The second kappa shape index (κ2) is 10.3. The van der Waals surface area contributed by atoms with Gasteiger partial charge in [-0.25, -0.2) is 9.37 Å². The number of aromatic nitrogens is 3. The number of hydrogen-bond donors (Lipinski definition) is 0. The molecule has 0 saturated heterocycles. The second-order valence-electron chi connectivity index (χ2n) is 13.1. The molecule has 0 bridgehead atoms. The fourth-order valence-electron chi connectivity index (χ4n) is 8.17. The average Bonchev–Trinajstić information content (AvgIpc) is 3.46. The second-order valence-corrected chi connectivity index (χ2v) is 13.1. The maximum absolute atomic E-state index is 15.7. The van der Waals surface area contributed by atoms with Crippen molar-refractivity contribution in [3.8, 4) is 33.8 Å². The van der Waals surface area contributed by atoms with Crippen molar-refractivity contribution in [2.24, 2.45) is 0 Å². The molecule has 2 aliphatic heterocycles. The molecule has 6 heterocycles. The molecule has 2 atom stereocenters. The van der Waals surface area contributed by atoms with Gasteiger partial charge in [0.15, 0.2) is 29.7 Å². The fourth-order valence-corrected chi connectivity index (χ4v) is 8.17. The van der Waals surface area contributed by atoms with Crippen LogP contribution in [0, 0.1) is 26.6 Å². The van der Waals surface area contributed by atoms with Crippen molar-refractivity contribution in [1.29, 1.82) is 0 Å². The van der Waals surface area contributed by atoms with Gasteiger partial charge in [0.1, 0.15) is 11.7 Å². The van der Waals surface area contributed by atoms with Crippen molar-refractivity contribution in [3.63, 3.8) is 0 Å². The number of hydrogen-bond acceptors (Lipinski definition) is 2. The average molecular weight is 616 g/mol. The number of aryl methyl sites for hydroxylation is 4. The standard InChI is InChI=1S/C42H34FN3O/c1-24-10-9-11-25(2)38(24)34-19-18-32-31-17-15-28-16-20-36-39(30-13-6-5-12-29(30)35-14-7-8-21-45(35)36)27(4)46-23-26(3)33(43)22-37(46)40(28)41(31)47-42(32)44-34/h5-15,17-19,21-23,36,39H,4,16,20H2,1-3H3/q+2. The molecule has 0 N–H and O–H groups in total. The van der Waals surface area contributed by atoms with Crippen LogP contribution >= 0.6 is 0 Å². The van der Waals surface area contributed by atoms with E-state index >= 15 is 4.39 Å². The van der Waals surface area contributed by atoms with Crippen molar-refractivity contribution in [1.82, 2.24) is 4.98 Å². The first kappa shape index (κ1) is 27.9. The van der Waals surface area contributed by atoms with Crippen LogP contribution in [-0.4, -0.2) is 4.98 Å². The summed E-state index contributed by atoms with van der Waals surface area (Å²) in [6.45, 7) is 10.8. The van der Waals surface area contributed by atoms with E-state index in [2.05, 4.69) is 114 Å². The normalized spacial score (nSPS) is 16.8. The first-order valence-electron chi connectivity index (χ1n) is 16.3. The summed E-state index contributed by atoms with van der Waals surface area (Å²) in [4.78, 5) is 5.06. The third-order valence-electron chi connectivity index (χ3n) is 10.4. The summed E-state index contributed by atoms with van der Waals surface area (Å²) in [5.41, 5.74) is 13.6. The Kier molecular flexibility index (Phi) is 6.10. The first-order chi connectivity index (χ1) is 22.9. The molecule has 2 aliphatic rings. The molecule has 4 aromatic heterocycles. The molecule has 4 nitrogen and oxygen atoms in total. The van der Waals surface area contributed by atoms with Gasteiger partial charge in [0.05, 0.1) is 16.8 Å². The topological polar surface area (TPSA) is 33.8 Å². The molecule has 228 valence electrons. The number of halogens is 1. The maximum atomic E-state index is 15.7. The molecule has 2 unspecified atom stereocenters. The van der Waals surface area contributed by atoms with Gasteiger partial charge < -0.3 is 4.42 Å². The molecule has 47 heavy (non-hydrogen) atoms. The Morgan fingerprint density at radius 3 is 2.45 bits per heavy atom. The minimum absolute atomic E-state index is 0.0123. The minimum Gasteiger partial charge on any atom is -0.437 e. The lowest BCUT2D eigenvalue weighted by molar-refractivity contribution is -0.720. The lowest BCUT2D eigenvalue weighted by Crippen LogP contribution is -2.50. The van der Waals surface area contributed by atoms with Crippen molar-refractivity contribution in [3.05, 3.63) is 144 Å². The van der Waals surface area contributed by atoms with Gasteiger partial charge in [0.2, 0.25) is 17.1 Å². The predicted octanol–water partition coefficient (Wildman–Crippen LogP) is 9.38. The summed E-state index contributed by atoms with van der Waals surface area (Å²) >= 11 is 0. The van der Waals surface area contributed by atoms with Crippen LogP contribution in [0.25, 0.3) is 61.5 Å². The van der Waals surface area contributed by atoms with Gasteiger partial charge in [-0.15, -0.1) is 0 Å². The number of rotatable bonds is 1. The van der Waals surface area contributed by atoms with Crippen LogP contribution in [-0.2, 0) is 6.42 Å². The smallest absolute Gasteiger partial charge is 0.227 e. The van der Waals surface area contributed by atoms with Crippen LogP contribution in [0.15, 0.2) is 114 Å². The summed E-state index contributed by atoms with van der Waals surface area (Å²) in [5, 5.41) is 1.92. The van der Waals surface area contributed by atoms with Crippen LogP contribution in [0.5, 0.6) is 0 Å². The number of benzene rings is 3. The lowest BCUT2D eigenvalue weighted by atomic mass is 9.79. The van der Waals surface area contributed by atoms with Crippen LogP contribution in [0.4, 0.5) is 4.39 Å².